The SMILES string of the molecule is COc1ncc(C2CCCN(C(C)C(=O)Nc3ccc(Cl)cn3)C2)cc1CO. The van der Waals surface area contributed by atoms with Crippen LogP contribution in [0.2, 0.25) is 5.02 Å². The number of aromatic nitrogens is 2. The number of carbonyl (C=O) groups excluding carboxylic acids is 1. The lowest BCUT2D eigenvalue weighted by molar-refractivity contribution is -0.121. The number of methoxy groups -OCH3 is 1. The minimum atomic E-state index is -0.288. The number of ether oxygens (including phenoxy) is 1. The normalized spacial score (nSPS) is 18.5. The van der Waals surface area contributed by atoms with Crippen LogP contribution in [-0.4, -0.2) is 52.1 Å². The van der Waals surface area contributed by atoms with E-state index >= 15 is 0 Å². The van der Waals surface area contributed by atoms with E-state index in [1.807, 2.05) is 13.0 Å². The number of likely N-dealkylation sites (tertiary alicyclic amines) is 1. The lowest BCUT2D eigenvalue weighted by Crippen LogP contribution is -2.46. The van der Waals surface area contributed by atoms with Gasteiger partial charge in [0.05, 0.1) is 24.8 Å². The standard InChI is InChI=1S/C20H25ClN4O3/c1-13(19(27)24-18-6-5-17(21)10-22-18)25-7-3-4-14(11-25)15-8-16(12-26)20(28-2)23-9-15/h5-6,8-10,13-14,26H,3-4,7,11-12H2,1-2H3,(H,22,24,27). The summed E-state index contributed by atoms with van der Waals surface area (Å²) in [5, 5.41) is 12.9. The Hall–Kier alpha value is -2.22. The number of aliphatic hydroxyl groups is 1. The third kappa shape index (κ3) is 4.79. The van der Waals surface area contributed by atoms with Crippen LogP contribution < -0.4 is 10.1 Å². The maximum atomic E-state index is 12.6. The van der Waals surface area contributed by atoms with Gasteiger partial charge in [0.2, 0.25) is 11.8 Å². The Bertz CT molecular complexity index is 816. The highest BCUT2D eigenvalue weighted by Crippen LogP contribution is 2.30. The van der Waals surface area contributed by atoms with E-state index in [9.17, 15) is 9.90 Å². The number of carbonyl (C=O) groups is 1. The molecule has 0 bridgehead atoms. The molecule has 28 heavy (non-hydrogen) atoms. The van der Waals surface area contributed by atoms with Crippen LogP contribution >= 0.6 is 11.6 Å². The summed E-state index contributed by atoms with van der Waals surface area (Å²) in [6.07, 6.45) is 5.31. The van der Waals surface area contributed by atoms with E-state index in [1.54, 1.807) is 25.4 Å². The van der Waals surface area contributed by atoms with Gasteiger partial charge in [-0.25, -0.2) is 9.97 Å². The Kier molecular flexibility index (Phi) is 6.83. The molecule has 1 fully saturated rings. The Morgan fingerprint density at radius 1 is 1.43 bits per heavy atom. The predicted octanol–water partition coefficient (Wildman–Crippen LogP) is 2.84. The third-order valence-electron chi connectivity index (χ3n) is 5.14. The number of rotatable bonds is 6. The van der Waals surface area contributed by atoms with Crippen LogP contribution in [0.15, 0.2) is 30.6 Å². The van der Waals surface area contributed by atoms with Crippen LogP contribution in [0.5, 0.6) is 5.88 Å². The van der Waals surface area contributed by atoms with Gasteiger partial charge in [0.15, 0.2) is 0 Å². The first-order valence-electron chi connectivity index (χ1n) is 9.32. The first-order chi connectivity index (χ1) is 13.5. The van der Waals surface area contributed by atoms with Crippen LogP contribution in [-0.2, 0) is 11.4 Å². The fraction of sp³-hybridized carbons (Fsp3) is 0.450. The number of hydrogen-bond donors (Lipinski definition) is 2. The van der Waals surface area contributed by atoms with Crippen molar-refractivity contribution in [2.24, 2.45) is 0 Å². The number of amides is 1. The van der Waals surface area contributed by atoms with E-state index < -0.39 is 0 Å². The number of anilines is 1. The molecule has 0 radical (unpaired) electrons. The van der Waals surface area contributed by atoms with Crippen molar-refractivity contribution in [1.82, 2.24) is 14.9 Å². The molecule has 0 saturated carbocycles. The summed E-state index contributed by atoms with van der Waals surface area (Å²) in [6.45, 7) is 3.39. The molecule has 1 saturated heterocycles. The van der Waals surface area contributed by atoms with Crippen molar-refractivity contribution in [3.63, 3.8) is 0 Å². The zero-order valence-corrected chi connectivity index (χ0v) is 16.8. The summed E-state index contributed by atoms with van der Waals surface area (Å²) in [6, 6.07) is 5.04. The van der Waals surface area contributed by atoms with Crippen molar-refractivity contribution in [2.75, 3.05) is 25.5 Å². The molecule has 2 N–H and O–H groups in total. The minimum absolute atomic E-state index is 0.0978. The van der Waals surface area contributed by atoms with E-state index in [4.69, 9.17) is 16.3 Å². The average molecular weight is 405 g/mol. The second-order valence-electron chi connectivity index (χ2n) is 6.96. The number of pyridine rings is 2. The molecular weight excluding hydrogens is 380 g/mol. The zero-order valence-electron chi connectivity index (χ0n) is 16.1. The largest absolute Gasteiger partial charge is 0.481 e. The van der Waals surface area contributed by atoms with E-state index in [2.05, 4.69) is 20.2 Å². The van der Waals surface area contributed by atoms with Crippen molar-refractivity contribution in [3.05, 3.63) is 46.7 Å². The van der Waals surface area contributed by atoms with Crippen LogP contribution in [0.25, 0.3) is 0 Å². The monoisotopic (exact) mass is 404 g/mol. The number of halogens is 1. The molecule has 0 aromatic carbocycles. The van der Waals surface area contributed by atoms with E-state index in [0.717, 1.165) is 31.5 Å². The topological polar surface area (TPSA) is 87.6 Å². The third-order valence-corrected chi connectivity index (χ3v) is 5.36. The number of piperidine rings is 1. The van der Waals surface area contributed by atoms with Gasteiger partial charge in [-0.1, -0.05) is 11.6 Å². The lowest BCUT2D eigenvalue weighted by Gasteiger charge is -2.36. The molecule has 0 aliphatic carbocycles. The van der Waals surface area contributed by atoms with Gasteiger partial charge in [0, 0.05) is 24.5 Å². The van der Waals surface area contributed by atoms with Gasteiger partial charge in [-0.2, -0.15) is 0 Å². The molecule has 1 aliphatic rings. The smallest absolute Gasteiger partial charge is 0.242 e. The van der Waals surface area contributed by atoms with Gasteiger partial charge in [-0.15, -0.1) is 0 Å². The molecule has 0 spiro atoms. The molecule has 3 rings (SSSR count). The molecular formula is C20H25ClN4O3. The second-order valence-corrected chi connectivity index (χ2v) is 7.39. The van der Waals surface area contributed by atoms with Gasteiger partial charge in [-0.05, 0) is 56.0 Å². The van der Waals surface area contributed by atoms with Crippen LogP contribution in [0, 0.1) is 0 Å². The molecule has 2 aromatic rings. The lowest BCUT2D eigenvalue weighted by atomic mass is 9.90. The summed E-state index contributed by atoms with van der Waals surface area (Å²) < 4.78 is 5.18. The van der Waals surface area contributed by atoms with Crippen molar-refractivity contribution in [1.29, 1.82) is 0 Å². The van der Waals surface area contributed by atoms with Gasteiger partial charge in [-0.3, -0.25) is 9.69 Å². The van der Waals surface area contributed by atoms with Crippen molar-refractivity contribution >= 4 is 23.3 Å². The van der Waals surface area contributed by atoms with Gasteiger partial charge < -0.3 is 15.2 Å². The molecule has 8 heteroatoms. The van der Waals surface area contributed by atoms with Gasteiger partial charge in [0.1, 0.15) is 5.82 Å². The molecule has 2 aromatic heterocycles. The van der Waals surface area contributed by atoms with Crippen molar-refractivity contribution in [3.8, 4) is 5.88 Å². The number of nitrogens with one attached hydrogen (secondary N) is 1. The highest BCUT2D eigenvalue weighted by Gasteiger charge is 2.29. The van der Waals surface area contributed by atoms with E-state index in [0.29, 0.717) is 22.3 Å². The van der Waals surface area contributed by atoms with Crippen molar-refractivity contribution < 1.29 is 14.6 Å². The summed E-state index contributed by atoms with van der Waals surface area (Å²) >= 11 is 5.84. The quantitative estimate of drug-likeness (QED) is 0.769. The highest BCUT2D eigenvalue weighted by molar-refractivity contribution is 6.30. The summed E-state index contributed by atoms with van der Waals surface area (Å²) in [5.74, 6) is 1.09. The Labute approximate surface area is 169 Å². The molecule has 150 valence electrons. The first-order valence-corrected chi connectivity index (χ1v) is 9.69. The fourth-order valence-corrected chi connectivity index (χ4v) is 3.62. The van der Waals surface area contributed by atoms with Gasteiger partial charge in [0.25, 0.3) is 0 Å². The number of aliphatic hydroxyl groups excluding tert-OH is 1. The minimum Gasteiger partial charge on any atom is -0.481 e. The summed E-state index contributed by atoms with van der Waals surface area (Å²) in [4.78, 5) is 23.2. The average Bonchev–Trinajstić information content (AvgIpc) is 2.74. The maximum absolute atomic E-state index is 12.6. The maximum Gasteiger partial charge on any atom is 0.242 e. The molecule has 1 aliphatic heterocycles. The Morgan fingerprint density at radius 3 is 2.93 bits per heavy atom. The van der Waals surface area contributed by atoms with Crippen LogP contribution in [0.4, 0.5) is 5.82 Å². The molecule has 2 atom stereocenters. The van der Waals surface area contributed by atoms with Crippen molar-refractivity contribution in [2.45, 2.75) is 38.3 Å². The van der Waals surface area contributed by atoms with Crippen LogP contribution in [0.1, 0.15) is 36.8 Å². The Morgan fingerprint density at radius 2 is 2.25 bits per heavy atom. The highest BCUT2D eigenvalue weighted by atomic mass is 35.5. The fourth-order valence-electron chi connectivity index (χ4n) is 3.51. The number of hydrogen-bond acceptors (Lipinski definition) is 6. The molecule has 1 amide bonds. The van der Waals surface area contributed by atoms with E-state index in [1.165, 1.54) is 6.20 Å². The summed E-state index contributed by atoms with van der Waals surface area (Å²) in [5.41, 5.74) is 1.73. The van der Waals surface area contributed by atoms with Crippen LogP contribution in [0.3, 0.4) is 0 Å². The molecule has 3 heterocycles. The zero-order chi connectivity index (χ0) is 20.1. The molecule has 2 unspecified atom stereocenters. The summed E-state index contributed by atoms with van der Waals surface area (Å²) in [7, 11) is 1.54. The van der Waals surface area contributed by atoms with Gasteiger partial charge >= 0.3 is 0 Å². The van der Waals surface area contributed by atoms with E-state index in [-0.39, 0.29) is 24.5 Å². The second kappa shape index (κ2) is 9.32. The Balaban J connectivity index is 1.66. The molecule has 7 nitrogen and oxygen atoms in total. The first kappa shape index (κ1) is 20.5. The predicted molar refractivity (Wildman–Crippen MR) is 108 cm³/mol. The number of nitrogens with zero attached hydrogens (tertiary/aromatic N) is 3.